The van der Waals surface area contributed by atoms with Crippen molar-refractivity contribution in [2.24, 2.45) is 7.05 Å². The lowest BCUT2D eigenvalue weighted by Gasteiger charge is -2.01. The maximum absolute atomic E-state index is 12.2. The standard InChI is InChI=1S/C12H15N3OS3/c1-7-5-9(8(2)15(7)3)10(16)6-18-12-14-13-11(17-4)19-12/h5H,6H2,1-4H3. The zero-order chi connectivity index (χ0) is 14.0. The summed E-state index contributed by atoms with van der Waals surface area (Å²) in [5, 5.41) is 8.07. The third kappa shape index (κ3) is 3.21. The number of rotatable bonds is 5. The fourth-order valence-corrected chi connectivity index (χ4v) is 4.00. The molecule has 2 heterocycles. The minimum absolute atomic E-state index is 0.145. The highest BCUT2D eigenvalue weighted by Crippen LogP contribution is 2.28. The van der Waals surface area contributed by atoms with Gasteiger partial charge >= 0.3 is 0 Å². The fraction of sp³-hybridized carbons (Fsp3) is 0.417. The van der Waals surface area contributed by atoms with Gasteiger partial charge < -0.3 is 4.57 Å². The van der Waals surface area contributed by atoms with Crippen LogP contribution < -0.4 is 0 Å². The molecule has 0 aromatic carbocycles. The predicted octanol–water partition coefficient (Wildman–Crippen LogP) is 3.19. The van der Waals surface area contributed by atoms with Crippen LogP contribution in [0.25, 0.3) is 0 Å². The molecule has 0 saturated carbocycles. The van der Waals surface area contributed by atoms with E-state index in [2.05, 4.69) is 10.2 Å². The maximum atomic E-state index is 12.2. The van der Waals surface area contributed by atoms with Gasteiger partial charge in [-0.3, -0.25) is 4.79 Å². The third-order valence-corrected chi connectivity index (χ3v) is 6.00. The summed E-state index contributed by atoms with van der Waals surface area (Å²) in [6.45, 7) is 3.98. The first-order chi connectivity index (χ1) is 9.02. The lowest BCUT2D eigenvalue weighted by Crippen LogP contribution is -2.04. The summed E-state index contributed by atoms with van der Waals surface area (Å²) in [6, 6.07) is 1.95. The summed E-state index contributed by atoms with van der Waals surface area (Å²) in [6.07, 6.45) is 1.97. The van der Waals surface area contributed by atoms with Gasteiger partial charge in [-0.2, -0.15) is 0 Å². The Bertz CT molecular complexity index is 603. The Balaban J connectivity index is 2.03. The Morgan fingerprint density at radius 1 is 1.37 bits per heavy atom. The van der Waals surface area contributed by atoms with Crippen LogP contribution in [0.5, 0.6) is 0 Å². The van der Waals surface area contributed by atoms with Crippen molar-refractivity contribution in [2.45, 2.75) is 22.5 Å². The molecule has 2 aromatic heterocycles. The molecule has 0 spiro atoms. The molecule has 0 atom stereocenters. The molecule has 2 rings (SSSR count). The maximum Gasteiger partial charge on any atom is 0.175 e. The van der Waals surface area contributed by atoms with Gasteiger partial charge in [0, 0.05) is 24.0 Å². The van der Waals surface area contributed by atoms with Crippen molar-refractivity contribution < 1.29 is 4.79 Å². The molecule has 0 radical (unpaired) electrons. The lowest BCUT2D eigenvalue weighted by atomic mass is 10.2. The van der Waals surface area contributed by atoms with E-state index in [-0.39, 0.29) is 5.78 Å². The highest BCUT2D eigenvalue weighted by molar-refractivity contribution is 8.03. The Kier molecular flexibility index (Phi) is 4.70. The van der Waals surface area contributed by atoms with Gasteiger partial charge in [0.05, 0.1) is 5.75 Å². The molecule has 0 unspecified atom stereocenters. The average molecular weight is 313 g/mol. The van der Waals surface area contributed by atoms with E-state index in [1.807, 2.05) is 37.8 Å². The molecule has 102 valence electrons. The van der Waals surface area contributed by atoms with E-state index in [4.69, 9.17) is 0 Å². The summed E-state index contributed by atoms with van der Waals surface area (Å²) >= 11 is 4.56. The number of ketones is 1. The van der Waals surface area contributed by atoms with Crippen LogP contribution in [0.3, 0.4) is 0 Å². The summed E-state index contributed by atoms with van der Waals surface area (Å²) in [7, 11) is 1.98. The van der Waals surface area contributed by atoms with Gasteiger partial charge in [-0.05, 0) is 26.2 Å². The van der Waals surface area contributed by atoms with E-state index in [1.54, 1.807) is 11.8 Å². The molecule has 0 fully saturated rings. The van der Waals surface area contributed by atoms with Crippen LogP contribution in [0.2, 0.25) is 0 Å². The third-order valence-electron chi connectivity index (χ3n) is 2.96. The molecule has 7 heteroatoms. The van der Waals surface area contributed by atoms with Crippen LogP contribution in [-0.4, -0.2) is 32.6 Å². The highest BCUT2D eigenvalue weighted by Gasteiger charge is 2.15. The SMILES string of the molecule is CSc1nnc(SCC(=O)c2cc(C)n(C)c2C)s1. The van der Waals surface area contributed by atoms with Crippen molar-refractivity contribution in [1.82, 2.24) is 14.8 Å². The summed E-state index contributed by atoms with van der Waals surface area (Å²) in [5.41, 5.74) is 2.93. The van der Waals surface area contributed by atoms with Crippen LogP contribution in [-0.2, 0) is 7.05 Å². The lowest BCUT2D eigenvalue weighted by molar-refractivity contribution is 0.102. The van der Waals surface area contributed by atoms with Crippen molar-refractivity contribution >= 4 is 40.6 Å². The predicted molar refractivity (Wildman–Crippen MR) is 81.6 cm³/mol. The fourth-order valence-electron chi connectivity index (χ4n) is 1.68. The second-order valence-electron chi connectivity index (χ2n) is 4.09. The van der Waals surface area contributed by atoms with Crippen LogP contribution in [0.1, 0.15) is 21.7 Å². The Morgan fingerprint density at radius 2 is 2.05 bits per heavy atom. The monoisotopic (exact) mass is 313 g/mol. The average Bonchev–Trinajstić information content (AvgIpc) is 2.96. The van der Waals surface area contributed by atoms with E-state index in [9.17, 15) is 4.79 Å². The smallest absolute Gasteiger partial charge is 0.175 e. The van der Waals surface area contributed by atoms with Crippen LogP contribution in [0.4, 0.5) is 0 Å². The summed E-state index contributed by atoms with van der Waals surface area (Å²) < 4.78 is 3.82. The molecule has 0 bridgehead atoms. The van der Waals surface area contributed by atoms with E-state index in [0.717, 1.165) is 25.6 Å². The number of aromatic nitrogens is 3. The molecule has 2 aromatic rings. The minimum Gasteiger partial charge on any atom is -0.351 e. The molecule has 0 aliphatic carbocycles. The normalized spacial score (nSPS) is 10.9. The van der Waals surface area contributed by atoms with Crippen molar-refractivity contribution in [2.75, 3.05) is 12.0 Å². The minimum atomic E-state index is 0.145. The van der Waals surface area contributed by atoms with Crippen LogP contribution in [0, 0.1) is 13.8 Å². The molecule has 4 nitrogen and oxygen atoms in total. The largest absolute Gasteiger partial charge is 0.351 e. The molecule has 0 saturated heterocycles. The molecule has 0 amide bonds. The van der Waals surface area contributed by atoms with Gasteiger partial charge in [-0.15, -0.1) is 10.2 Å². The van der Waals surface area contributed by atoms with Crippen LogP contribution >= 0.6 is 34.9 Å². The number of thioether (sulfide) groups is 2. The second kappa shape index (κ2) is 6.11. The van der Waals surface area contributed by atoms with Gasteiger partial charge in [0.15, 0.2) is 14.5 Å². The molecule has 19 heavy (non-hydrogen) atoms. The first kappa shape index (κ1) is 14.6. The number of hydrogen-bond donors (Lipinski definition) is 0. The van der Waals surface area contributed by atoms with Crippen molar-refractivity contribution in [3.05, 3.63) is 23.0 Å². The van der Waals surface area contributed by atoms with E-state index in [1.165, 1.54) is 23.1 Å². The number of nitrogens with zero attached hydrogens (tertiary/aromatic N) is 3. The van der Waals surface area contributed by atoms with Gasteiger partial charge in [0.1, 0.15) is 0 Å². The quantitative estimate of drug-likeness (QED) is 0.627. The first-order valence-corrected chi connectivity index (χ1v) is 8.72. The number of carbonyl (C=O) groups excluding carboxylic acids is 1. The molecular weight excluding hydrogens is 298 g/mol. The highest BCUT2D eigenvalue weighted by atomic mass is 32.2. The Morgan fingerprint density at radius 3 is 2.58 bits per heavy atom. The number of carbonyl (C=O) groups is 1. The van der Waals surface area contributed by atoms with Crippen molar-refractivity contribution in [3.8, 4) is 0 Å². The summed E-state index contributed by atoms with van der Waals surface area (Å²) in [5.74, 6) is 0.555. The Hall–Kier alpha value is -0.790. The van der Waals surface area contributed by atoms with Crippen LogP contribution in [0.15, 0.2) is 14.7 Å². The van der Waals surface area contributed by atoms with Crippen molar-refractivity contribution in [1.29, 1.82) is 0 Å². The summed E-state index contributed by atoms with van der Waals surface area (Å²) in [4.78, 5) is 12.2. The zero-order valence-corrected chi connectivity index (χ0v) is 13.7. The second-order valence-corrected chi connectivity index (χ2v) is 7.35. The zero-order valence-electron chi connectivity index (χ0n) is 11.3. The number of Topliss-reactive ketones (excluding diaryl/α,β-unsaturated/α-hetero) is 1. The Labute approximate surface area is 125 Å². The van der Waals surface area contributed by atoms with Gasteiger partial charge in [0.2, 0.25) is 0 Å². The topological polar surface area (TPSA) is 47.8 Å². The van der Waals surface area contributed by atoms with E-state index in [0.29, 0.717) is 5.75 Å². The molecule has 0 aliphatic rings. The van der Waals surface area contributed by atoms with Gasteiger partial charge in [-0.25, -0.2) is 0 Å². The molecule has 0 N–H and O–H groups in total. The van der Waals surface area contributed by atoms with E-state index < -0.39 is 0 Å². The number of aryl methyl sites for hydroxylation is 1. The first-order valence-electron chi connectivity index (χ1n) is 5.69. The van der Waals surface area contributed by atoms with Gasteiger partial charge in [-0.1, -0.05) is 34.9 Å². The van der Waals surface area contributed by atoms with Gasteiger partial charge in [0.25, 0.3) is 0 Å². The number of hydrogen-bond acceptors (Lipinski definition) is 6. The van der Waals surface area contributed by atoms with Crippen molar-refractivity contribution in [3.63, 3.8) is 0 Å². The molecular formula is C12H15N3OS3. The van der Waals surface area contributed by atoms with E-state index >= 15 is 0 Å². The molecule has 0 aliphatic heterocycles.